The van der Waals surface area contributed by atoms with Crippen LogP contribution < -0.4 is 5.32 Å². The standard InChI is InChI=1S/C26H25FN4O2S/c1-19-7-13-23(14-8-19)31-24(15-28-25(32)17-33-16-20-5-3-2-4-6-20)29-30-26(31)34-18-21-9-11-22(27)12-10-21/h2-14H,15-18H2,1H3,(H,28,32). The van der Waals surface area contributed by atoms with E-state index < -0.39 is 0 Å². The smallest absolute Gasteiger partial charge is 0.246 e. The predicted molar refractivity (Wildman–Crippen MR) is 130 cm³/mol. The monoisotopic (exact) mass is 476 g/mol. The second kappa shape index (κ2) is 11.6. The van der Waals surface area contributed by atoms with Gasteiger partial charge in [0.25, 0.3) is 0 Å². The molecule has 0 aliphatic carbocycles. The van der Waals surface area contributed by atoms with Crippen LogP contribution in [-0.2, 0) is 28.4 Å². The van der Waals surface area contributed by atoms with E-state index in [1.165, 1.54) is 23.9 Å². The number of halogens is 1. The van der Waals surface area contributed by atoms with E-state index in [-0.39, 0.29) is 24.9 Å². The average molecular weight is 477 g/mol. The fourth-order valence-electron chi connectivity index (χ4n) is 3.25. The normalized spacial score (nSPS) is 10.9. The first-order valence-electron chi connectivity index (χ1n) is 10.9. The van der Waals surface area contributed by atoms with Gasteiger partial charge in [-0.15, -0.1) is 10.2 Å². The fourth-order valence-corrected chi connectivity index (χ4v) is 4.18. The second-order valence-electron chi connectivity index (χ2n) is 7.74. The molecule has 1 amide bonds. The maximum atomic E-state index is 13.2. The van der Waals surface area contributed by atoms with Crippen molar-refractivity contribution < 1.29 is 13.9 Å². The maximum Gasteiger partial charge on any atom is 0.246 e. The van der Waals surface area contributed by atoms with Crippen molar-refractivity contribution in [3.8, 4) is 5.69 Å². The third-order valence-electron chi connectivity index (χ3n) is 5.06. The van der Waals surface area contributed by atoms with Crippen molar-refractivity contribution in [3.63, 3.8) is 0 Å². The first kappa shape index (κ1) is 23.7. The number of aryl methyl sites for hydroxylation is 1. The van der Waals surface area contributed by atoms with E-state index >= 15 is 0 Å². The van der Waals surface area contributed by atoms with Gasteiger partial charge in [-0.1, -0.05) is 71.9 Å². The SMILES string of the molecule is Cc1ccc(-n2c(CNC(=O)COCc3ccccc3)nnc2SCc2ccc(F)cc2)cc1. The van der Waals surface area contributed by atoms with Gasteiger partial charge in [0, 0.05) is 11.4 Å². The molecule has 0 saturated carbocycles. The number of ether oxygens (including phenoxy) is 1. The van der Waals surface area contributed by atoms with Crippen LogP contribution in [0.25, 0.3) is 5.69 Å². The lowest BCUT2D eigenvalue weighted by Gasteiger charge is -2.11. The zero-order valence-electron chi connectivity index (χ0n) is 18.8. The molecule has 1 heterocycles. The van der Waals surface area contributed by atoms with Crippen LogP contribution in [0.15, 0.2) is 84.0 Å². The molecule has 6 nitrogen and oxygen atoms in total. The van der Waals surface area contributed by atoms with E-state index in [9.17, 15) is 9.18 Å². The zero-order chi connectivity index (χ0) is 23.8. The molecule has 0 saturated heterocycles. The summed E-state index contributed by atoms with van der Waals surface area (Å²) in [7, 11) is 0. The van der Waals surface area contributed by atoms with Crippen molar-refractivity contribution in [3.05, 3.63) is 107 Å². The molecule has 0 fully saturated rings. The van der Waals surface area contributed by atoms with Crippen LogP contribution in [0.4, 0.5) is 4.39 Å². The molecule has 174 valence electrons. The number of nitrogens with one attached hydrogen (secondary N) is 1. The molecular formula is C26H25FN4O2S. The van der Waals surface area contributed by atoms with Crippen molar-refractivity contribution >= 4 is 17.7 Å². The van der Waals surface area contributed by atoms with E-state index in [0.29, 0.717) is 23.3 Å². The van der Waals surface area contributed by atoms with Gasteiger partial charge in [0.2, 0.25) is 5.91 Å². The fraction of sp³-hybridized carbons (Fsp3) is 0.192. The lowest BCUT2D eigenvalue weighted by Crippen LogP contribution is -2.28. The first-order valence-corrected chi connectivity index (χ1v) is 11.8. The lowest BCUT2D eigenvalue weighted by molar-refractivity contribution is -0.126. The third kappa shape index (κ3) is 6.52. The number of aromatic nitrogens is 3. The first-order chi connectivity index (χ1) is 16.6. The van der Waals surface area contributed by atoms with E-state index in [1.807, 2.05) is 66.1 Å². The van der Waals surface area contributed by atoms with Gasteiger partial charge in [-0.3, -0.25) is 9.36 Å². The summed E-state index contributed by atoms with van der Waals surface area (Å²) >= 11 is 1.50. The van der Waals surface area contributed by atoms with Crippen molar-refractivity contribution in [1.82, 2.24) is 20.1 Å². The quantitative estimate of drug-likeness (QED) is 0.332. The number of rotatable bonds is 10. The Morgan fingerprint density at radius 3 is 2.44 bits per heavy atom. The maximum absolute atomic E-state index is 13.2. The summed E-state index contributed by atoms with van der Waals surface area (Å²) in [5.41, 5.74) is 4.04. The van der Waals surface area contributed by atoms with Crippen molar-refractivity contribution in [2.75, 3.05) is 6.61 Å². The van der Waals surface area contributed by atoms with E-state index in [1.54, 1.807) is 12.1 Å². The molecule has 0 aliphatic rings. The Hall–Kier alpha value is -3.49. The molecule has 0 atom stereocenters. The van der Waals surface area contributed by atoms with Gasteiger partial charge in [0.1, 0.15) is 12.4 Å². The van der Waals surface area contributed by atoms with Gasteiger partial charge >= 0.3 is 0 Å². The Morgan fingerprint density at radius 2 is 1.71 bits per heavy atom. The Kier molecular flexibility index (Phi) is 8.06. The van der Waals surface area contributed by atoms with Crippen LogP contribution in [0.2, 0.25) is 0 Å². The topological polar surface area (TPSA) is 69.0 Å². The summed E-state index contributed by atoms with van der Waals surface area (Å²) < 4.78 is 20.7. The summed E-state index contributed by atoms with van der Waals surface area (Å²) in [6, 6.07) is 24.1. The summed E-state index contributed by atoms with van der Waals surface area (Å²) in [6.45, 7) is 2.57. The number of hydrogen-bond acceptors (Lipinski definition) is 5. The van der Waals surface area contributed by atoms with Crippen LogP contribution in [0, 0.1) is 12.7 Å². The molecule has 1 aromatic heterocycles. The predicted octanol–water partition coefficient (Wildman–Crippen LogP) is 4.84. The minimum Gasteiger partial charge on any atom is -0.367 e. The highest BCUT2D eigenvalue weighted by molar-refractivity contribution is 7.98. The van der Waals surface area contributed by atoms with Gasteiger partial charge in [0.05, 0.1) is 13.2 Å². The molecular weight excluding hydrogens is 451 g/mol. The number of benzene rings is 3. The summed E-state index contributed by atoms with van der Waals surface area (Å²) in [5, 5.41) is 12.2. The largest absolute Gasteiger partial charge is 0.367 e. The van der Waals surface area contributed by atoms with E-state index in [2.05, 4.69) is 15.5 Å². The van der Waals surface area contributed by atoms with E-state index in [4.69, 9.17) is 4.74 Å². The van der Waals surface area contributed by atoms with Crippen molar-refractivity contribution in [1.29, 1.82) is 0 Å². The number of carbonyl (C=O) groups is 1. The molecule has 0 bridgehead atoms. The molecule has 1 N–H and O–H groups in total. The number of amides is 1. The van der Waals surface area contributed by atoms with Crippen molar-refractivity contribution in [2.45, 2.75) is 31.0 Å². The van der Waals surface area contributed by atoms with Crippen LogP contribution in [0.3, 0.4) is 0 Å². The molecule has 0 spiro atoms. The van der Waals surface area contributed by atoms with Crippen LogP contribution >= 0.6 is 11.8 Å². The highest BCUT2D eigenvalue weighted by Gasteiger charge is 2.16. The summed E-state index contributed by atoms with van der Waals surface area (Å²) in [4.78, 5) is 12.3. The molecule has 0 radical (unpaired) electrons. The lowest BCUT2D eigenvalue weighted by atomic mass is 10.2. The molecule has 8 heteroatoms. The van der Waals surface area contributed by atoms with Crippen molar-refractivity contribution in [2.24, 2.45) is 0 Å². The molecule has 0 unspecified atom stereocenters. The Morgan fingerprint density at radius 1 is 0.971 bits per heavy atom. The number of thioether (sulfide) groups is 1. The number of hydrogen-bond donors (Lipinski definition) is 1. The minimum atomic E-state index is -0.262. The van der Waals surface area contributed by atoms with Gasteiger partial charge < -0.3 is 10.1 Å². The Labute approximate surface area is 202 Å². The molecule has 3 aromatic carbocycles. The van der Waals surface area contributed by atoms with Crippen LogP contribution in [-0.4, -0.2) is 27.3 Å². The second-order valence-corrected chi connectivity index (χ2v) is 8.68. The van der Waals surface area contributed by atoms with Gasteiger partial charge in [-0.2, -0.15) is 0 Å². The molecule has 4 rings (SSSR count). The van der Waals surface area contributed by atoms with Gasteiger partial charge in [0.15, 0.2) is 11.0 Å². The molecule has 0 aliphatic heterocycles. The molecule has 4 aromatic rings. The summed E-state index contributed by atoms with van der Waals surface area (Å²) in [5.74, 6) is 0.739. The van der Waals surface area contributed by atoms with Crippen LogP contribution in [0.5, 0.6) is 0 Å². The molecule has 34 heavy (non-hydrogen) atoms. The third-order valence-corrected chi connectivity index (χ3v) is 6.06. The zero-order valence-corrected chi connectivity index (χ0v) is 19.6. The van der Waals surface area contributed by atoms with E-state index in [0.717, 1.165) is 22.4 Å². The Bertz CT molecular complexity index is 1210. The summed E-state index contributed by atoms with van der Waals surface area (Å²) in [6.07, 6.45) is 0. The average Bonchev–Trinajstić information content (AvgIpc) is 3.26. The minimum absolute atomic E-state index is 0.0419. The highest BCUT2D eigenvalue weighted by atomic mass is 32.2. The van der Waals surface area contributed by atoms with Crippen LogP contribution in [0.1, 0.15) is 22.5 Å². The Balaban J connectivity index is 1.41. The number of nitrogens with zero attached hydrogens (tertiary/aromatic N) is 3. The number of carbonyl (C=O) groups excluding carboxylic acids is 1. The van der Waals surface area contributed by atoms with Gasteiger partial charge in [-0.05, 0) is 42.3 Å². The highest BCUT2D eigenvalue weighted by Crippen LogP contribution is 2.25. The van der Waals surface area contributed by atoms with Gasteiger partial charge in [-0.25, -0.2) is 4.39 Å².